The number of nitrogens with zero attached hydrogens (tertiary/aromatic N) is 3. The van der Waals surface area contributed by atoms with Crippen molar-refractivity contribution in [2.45, 2.75) is 0 Å². The number of anilines is 1. The topological polar surface area (TPSA) is 89.6 Å². The van der Waals surface area contributed by atoms with Crippen LogP contribution < -0.4 is 11.3 Å². The fraction of sp³-hybridized carbons (Fsp3) is 0. The second-order valence-corrected chi connectivity index (χ2v) is 5.83. The molecule has 0 bridgehead atoms. The third-order valence-corrected chi connectivity index (χ3v) is 4.06. The van der Waals surface area contributed by atoms with Crippen molar-refractivity contribution in [3.63, 3.8) is 0 Å². The Balaban J connectivity index is 2.09. The maximum atomic E-state index is 13.3. The average Bonchev–Trinajstić information content (AvgIpc) is 2.98. The number of benzene rings is 2. The molecule has 0 atom stereocenters. The number of nitrogen functional groups attached to an aromatic ring is 1. The Morgan fingerprint density at radius 2 is 1.76 bits per heavy atom. The first-order chi connectivity index (χ1) is 12.0. The third kappa shape index (κ3) is 2.54. The first-order valence-corrected chi connectivity index (χ1v) is 7.71. The number of aromatic amines is 1. The summed E-state index contributed by atoms with van der Waals surface area (Å²) in [5.74, 6) is 0.0251. The van der Waals surface area contributed by atoms with Gasteiger partial charge in [-0.05, 0) is 48.5 Å². The number of rotatable bonds is 2. The zero-order chi connectivity index (χ0) is 17.6. The highest BCUT2D eigenvalue weighted by Gasteiger charge is 2.18. The fourth-order valence-electron chi connectivity index (χ4n) is 2.62. The zero-order valence-electron chi connectivity index (χ0n) is 12.7. The van der Waals surface area contributed by atoms with E-state index in [1.54, 1.807) is 24.3 Å². The number of nitrogens with two attached hydrogens (primary N) is 1. The second-order valence-electron chi connectivity index (χ2n) is 5.39. The molecule has 2 aromatic carbocycles. The molecule has 6 nitrogen and oxygen atoms in total. The Morgan fingerprint density at radius 3 is 2.44 bits per heavy atom. The van der Waals surface area contributed by atoms with Crippen molar-refractivity contribution in [1.82, 2.24) is 19.7 Å². The van der Waals surface area contributed by atoms with Gasteiger partial charge < -0.3 is 5.73 Å². The molecule has 2 aromatic heterocycles. The summed E-state index contributed by atoms with van der Waals surface area (Å²) < 4.78 is 14.7. The number of halogens is 2. The van der Waals surface area contributed by atoms with E-state index in [2.05, 4.69) is 15.2 Å². The Hall–Kier alpha value is -3.19. The van der Waals surface area contributed by atoms with Crippen molar-refractivity contribution in [2.24, 2.45) is 0 Å². The minimum Gasteiger partial charge on any atom is -0.381 e. The summed E-state index contributed by atoms with van der Waals surface area (Å²) in [7, 11) is 0. The lowest BCUT2D eigenvalue weighted by Crippen LogP contribution is -2.22. The van der Waals surface area contributed by atoms with Crippen molar-refractivity contribution in [3.05, 3.63) is 69.7 Å². The van der Waals surface area contributed by atoms with Gasteiger partial charge in [0, 0.05) is 10.6 Å². The van der Waals surface area contributed by atoms with E-state index in [1.165, 1.54) is 28.8 Å². The Morgan fingerprint density at radius 1 is 1.08 bits per heavy atom. The van der Waals surface area contributed by atoms with E-state index in [9.17, 15) is 9.18 Å². The maximum absolute atomic E-state index is 13.3. The second kappa shape index (κ2) is 5.71. The molecule has 0 unspecified atom stereocenters. The quantitative estimate of drug-likeness (QED) is 0.578. The van der Waals surface area contributed by atoms with E-state index in [1.807, 2.05) is 0 Å². The highest BCUT2D eigenvalue weighted by Crippen LogP contribution is 2.24. The molecule has 3 N–H and O–H groups in total. The average molecular weight is 356 g/mol. The van der Waals surface area contributed by atoms with Gasteiger partial charge in [-0.2, -0.15) is 5.10 Å². The van der Waals surface area contributed by atoms with E-state index in [4.69, 9.17) is 17.3 Å². The molecule has 8 heteroatoms. The van der Waals surface area contributed by atoms with Crippen molar-refractivity contribution in [1.29, 1.82) is 0 Å². The normalized spacial score (nSPS) is 11.1. The molecule has 0 aliphatic heterocycles. The molecule has 2 heterocycles. The molecular weight excluding hydrogens is 345 g/mol. The Labute approximate surface area is 145 Å². The van der Waals surface area contributed by atoms with Crippen molar-refractivity contribution >= 4 is 28.5 Å². The summed E-state index contributed by atoms with van der Waals surface area (Å²) in [6.07, 6.45) is 0. The highest BCUT2D eigenvalue weighted by molar-refractivity contribution is 6.30. The molecule has 0 aliphatic rings. The third-order valence-electron chi connectivity index (χ3n) is 3.81. The van der Waals surface area contributed by atoms with E-state index in [0.29, 0.717) is 22.1 Å². The minimum absolute atomic E-state index is 0.0611. The number of hydrogen-bond donors (Lipinski definition) is 2. The molecule has 0 spiro atoms. The van der Waals surface area contributed by atoms with Crippen LogP contribution >= 0.6 is 11.6 Å². The highest BCUT2D eigenvalue weighted by atomic mass is 35.5. The molecular formula is C17H11ClFN5O. The van der Waals surface area contributed by atoms with Gasteiger partial charge in [0.15, 0.2) is 11.5 Å². The van der Waals surface area contributed by atoms with Gasteiger partial charge in [-0.1, -0.05) is 11.6 Å². The maximum Gasteiger partial charge on any atom is 0.271 e. The van der Waals surface area contributed by atoms with Crippen molar-refractivity contribution in [3.8, 4) is 17.1 Å². The molecule has 0 saturated carbocycles. The van der Waals surface area contributed by atoms with Gasteiger partial charge in [0.25, 0.3) is 5.56 Å². The first kappa shape index (κ1) is 15.3. The standard InChI is InChI=1S/C17H11ClFN5O/c18-10-3-1-9(2-4-10)16-21-15-13(14(20)22-23-15)17(25)24(16)12-7-5-11(19)6-8-12/h1-8H,(H3,20,22,23). The van der Waals surface area contributed by atoms with Gasteiger partial charge in [0.05, 0.1) is 5.69 Å². The lowest BCUT2D eigenvalue weighted by Gasteiger charge is -2.12. The molecule has 25 heavy (non-hydrogen) atoms. The minimum atomic E-state index is -0.401. The number of nitrogens with one attached hydrogen (secondary N) is 1. The monoisotopic (exact) mass is 355 g/mol. The van der Waals surface area contributed by atoms with Crippen LogP contribution in [0.3, 0.4) is 0 Å². The van der Waals surface area contributed by atoms with Crippen LogP contribution in [0.2, 0.25) is 5.02 Å². The number of fused-ring (bicyclic) bond motifs is 1. The van der Waals surface area contributed by atoms with Crippen LogP contribution in [0.5, 0.6) is 0 Å². The Bertz CT molecular complexity index is 1130. The lowest BCUT2D eigenvalue weighted by atomic mass is 10.2. The van der Waals surface area contributed by atoms with Crippen LogP contribution in [0.4, 0.5) is 10.2 Å². The lowest BCUT2D eigenvalue weighted by molar-refractivity contribution is 0.627. The van der Waals surface area contributed by atoms with Gasteiger partial charge in [0.2, 0.25) is 0 Å². The molecule has 4 aromatic rings. The number of aromatic nitrogens is 4. The molecule has 0 aliphatic carbocycles. The summed E-state index contributed by atoms with van der Waals surface area (Å²) in [6, 6.07) is 12.4. The van der Waals surface area contributed by atoms with Crippen molar-refractivity contribution < 1.29 is 4.39 Å². The molecule has 0 saturated heterocycles. The molecule has 124 valence electrons. The first-order valence-electron chi connectivity index (χ1n) is 7.33. The Kier molecular flexibility index (Phi) is 3.51. The van der Waals surface area contributed by atoms with E-state index in [0.717, 1.165) is 0 Å². The molecule has 0 radical (unpaired) electrons. The van der Waals surface area contributed by atoms with E-state index < -0.39 is 11.4 Å². The van der Waals surface area contributed by atoms with Gasteiger partial charge >= 0.3 is 0 Å². The van der Waals surface area contributed by atoms with Crippen LogP contribution in [0.15, 0.2) is 53.3 Å². The molecule has 0 fully saturated rings. The zero-order valence-corrected chi connectivity index (χ0v) is 13.5. The summed E-state index contributed by atoms with van der Waals surface area (Å²) in [6.45, 7) is 0. The summed E-state index contributed by atoms with van der Waals surface area (Å²) in [4.78, 5) is 17.5. The van der Waals surface area contributed by atoms with Gasteiger partial charge in [0.1, 0.15) is 17.0 Å². The van der Waals surface area contributed by atoms with Crippen LogP contribution in [0.1, 0.15) is 0 Å². The van der Waals surface area contributed by atoms with E-state index in [-0.39, 0.29) is 16.9 Å². The fourth-order valence-corrected chi connectivity index (χ4v) is 2.75. The van der Waals surface area contributed by atoms with Crippen LogP contribution in [-0.2, 0) is 0 Å². The van der Waals surface area contributed by atoms with Crippen LogP contribution in [-0.4, -0.2) is 19.7 Å². The number of hydrogen-bond acceptors (Lipinski definition) is 4. The predicted octanol–water partition coefficient (Wildman–Crippen LogP) is 3.15. The van der Waals surface area contributed by atoms with E-state index >= 15 is 0 Å². The van der Waals surface area contributed by atoms with Crippen molar-refractivity contribution in [2.75, 3.05) is 5.73 Å². The molecule has 0 amide bonds. The van der Waals surface area contributed by atoms with Crippen LogP contribution in [0.25, 0.3) is 28.1 Å². The molecule has 4 rings (SSSR count). The summed E-state index contributed by atoms with van der Waals surface area (Å²) >= 11 is 5.94. The van der Waals surface area contributed by atoms with Gasteiger partial charge in [-0.15, -0.1) is 0 Å². The SMILES string of the molecule is Nc1n[nH]c2nc(-c3ccc(Cl)cc3)n(-c3ccc(F)cc3)c(=O)c12. The number of H-pyrrole nitrogens is 1. The van der Waals surface area contributed by atoms with Gasteiger partial charge in [-0.3, -0.25) is 14.5 Å². The summed E-state index contributed by atoms with van der Waals surface area (Å²) in [5.41, 5.74) is 6.80. The summed E-state index contributed by atoms with van der Waals surface area (Å²) in [5, 5.41) is 7.25. The largest absolute Gasteiger partial charge is 0.381 e. The predicted molar refractivity (Wildman–Crippen MR) is 94.3 cm³/mol. The smallest absolute Gasteiger partial charge is 0.271 e. The van der Waals surface area contributed by atoms with Gasteiger partial charge in [-0.25, -0.2) is 9.37 Å². The van der Waals surface area contributed by atoms with Crippen LogP contribution in [0, 0.1) is 5.82 Å².